The number of halogens is 1. The van der Waals surface area contributed by atoms with Crippen LogP contribution in [0.2, 0.25) is 5.02 Å². The van der Waals surface area contributed by atoms with E-state index in [2.05, 4.69) is 15.5 Å². The first kappa shape index (κ1) is 14.3. The van der Waals surface area contributed by atoms with Gasteiger partial charge in [0.15, 0.2) is 5.69 Å². The molecular formula is C15H14ClN5O. The molecule has 0 saturated carbocycles. The number of benzene rings is 1. The average Bonchev–Trinajstić information content (AvgIpc) is 3.08. The molecule has 3 aromatic rings. The van der Waals surface area contributed by atoms with Gasteiger partial charge in [-0.3, -0.25) is 14.2 Å². The third kappa shape index (κ3) is 3.35. The van der Waals surface area contributed by atoms with Crippen LogP contribution in [-0.2, 0) is 13.6 Å². The van der Waals surface area contributed by atoms with Crippen molar-refractivity contribution in [3.63, 3.8) is 0 Å². The summed E-state index contributed by atoms with van der Waals surface area (Å²) in [5, 5.41) is 11.7. The molecule has 1 amide bonds. The van der Waals surface area contributed by atoms with Crippen molar-refractivity contribution in [2.24, 2.45) is 7.05 Å². The highest BCUT2D eigenvalue weighted by atomic mass is 35.5. The van der Waals surface area contributed by atoms with Crippen LogP contribution in [0.5, 0.6) is 0 Å². The highest BCUT2D eigenvalue weighted by Gasteiger charge is 2.10. The number of hydrogen-bond donors (Lipinski definition) is 1. The molecule has 0 unspecified atom stereocenters. The Hall–Kier alpha value is -2.60. The van der Waals surface area contributed by atoms with E-state index < -0.39 is 0 Å². The maximum atomic E-state index is 12.0. The molecule has 0 aliphatic carbocycles. The van der Waals surface area contributed by atoms with E-state index in [1.54, 1.807) is 41.1 Å². The summed E-state index contributed by atoms with van der Waals surface area (Å²) in [6.45, 7) is 0.583. The first-order valence-corrected chi connectivity index (χ1v) is 7.06. The molecule has 0 spiro atoms. The predicted octanol–water partition coefficient (Wildman–Crippen LogP) is 2.57. The SMILES string of the molecule is Cn1ccc(C(=O)Nc2cnn(Cc3cccc(Cl)c3)c2)n1. The quantitative estimate of drug-likeness (QED) is 0.804. The zero-order valence-electron chi connectivity index (χ0n) is 11.9. The van der Waals surface area contributed by atoms with Crippen molar-refractivity contribution in [2.45, 2.75) is 6.54 Å². The number of nitrogens with one attached hydrogen (secondary N) is 1. The average molecular weight is 316 g/mol. The fourth-order valence-corrected chi connectivity index (χ4v) is 2.28. The van der Waals surface area contributed by atoms with Gasteiger partial charge in [0.05, 0.1) is 18.4 Å². The minimum atomic E-state index is -0.261. The van der Waals surface area contributed by atoms with Gasteiger partial charge in [0.25, 0.3) is 5.91 Å². The number of rotatable bonds is 4. The summed E-state index contributed by atoms with van der Waals surface area (Å²) < 4.78 is 3.32. The molecule has 0 bridgehead atoms. The molecule has 0 atom stereocenters. The number of carbonyl (C=O) groups excluding carboxylic acids is 1. The molecule has 0 fully saturated rings. The van der Waals surface area contributed by atoms with Crippen molar-refractivity contribution in [1.82, 2.24) is 19.6 Å². The second kappa shape index (κ2) is 6.03. The maximum Gasteiger partial charge on any atom is 0.276 e. The fourth-order valence-electron chi connectivity index (χ4n) is 2.07. The molecule has 0 aliphatic heterocycles. The van der Waals surface area contributed by atoms with Gasteiger partial charge in [-0.2, -0.15) is 10.2 Å². The van der Waals surface area contributed by atoms with Gasteiger partial charge >= 0.3 is 0 Å². The second-order valence-corrected chi connectivity index (χ2v) is 5.32. The topological polar surface area (TPSA) is 64.7 Å². The van der Waals surface area contributed by atoms with Crippen LogP contribution in [0.25, 0.3) is 0 Å². The Morgan fingerprint density at radius 3 is 2.95 bits per heavy atom. The summed E-state index contributed by atoms with van der Waals surface area (Å²) in [4.78, 5) is 12.0. The third-order valence-corrected chi connectivity index (χ3v) is 3.31. The Morgan fingerprint density at radius 1 is 1.36 bits per heavy atom. The van der Waals surface area contributed by atoms with Crippen LogP contribution in [-0.4, -0.2) is 25.5 Å². The van der Waals surface area contributed by atoms with Crippen molar-refractivity contribution < 1.29 is 4.79 Å². The largest absolute Gasteiger partial charge is 0.318 e. The summed E-state index contributed by atoms with van der Waals surface area (Å²) in [7, 11) is 1.76. The molecule has 2 aromatic heterocycles. The van der Waals surface area contributed by atoms with Crippen LogP contribution in [0.1, 0.15) is 16.1 Å². The van der Waals surface area contributed by atoms with E-state index in [4.69, 9.17) is 11.6 Å². The normalized spacial score (nSPS) is 10.6. The fraction of sp³-hybridized carbons (Fsp3) is 0.133. The lowest BCUT2D eigenvalue weighted by Crippen LogP contribution is -2.12. The highest BCUT2D eigenvalue weighted by molar-refractivity contribution is 6.30. The second-order valence-electron chi connectivity index (χ2n) is 4.89. The molecule has 1 aromatic carbocycles. The van der Waals surface area contributed by atoms with Crippen molar-refractivity contribution in [3.8, 4) is 0 Å². The van der Waals surface area contributed by atoms with Crippen molar-refractivity contribution >= 4 is 23.2 Å². The Kier molecular flexibility index (Phi) is 3.93. The van der Waals surface area contributed by atoms with Gasteiger partial charge in [-0.05, 0) is 23.8 Å². The van der Waals surface area contributed by atoms with Crippen LogP contribution in [0.4, 0.5) is 5.69 Å². The molecule has 0 radical (unpaired) electrons. The zero-order chi connectivity index (χ0) is 15.5. The van der Waals surface area contributed by atoms with Crippen LogP contribution < -0.4 is 5.32 Å². The summed E-state index contributed by atoms with van der Waals surface area (Å²) in [6.07, 6.45) is 5.09. The van der Waals surface area contributed by atoms with Gasteiger partial charge in [-0.15, -0.1) is 0 Å². The van der Waals surface area contributed by atoms with E-state index in [0.717, 1.165) is 5.56 Å². The molecule has 0 saturated heterocycles. The predicted molar refractivity (Wildman–Crippen MR) is 83.9 cm³/mol. The minimum Gasteiger partial charge on any atom is -0.318 e. The molecule has 112 valence electrons. The highest BCUT2D eigenvalue weighted by Crippen LogP contribution is 2.13. The molecule has 22 heavy (non-hydrogen) atoms. The van der Waals surface area contributed by atoms with Gasteiger partial charge in [-0.1, -0.05) is 23.7 Å². The number of aromatic nitrogens is 4. The van der Waals surface area contributed by atoms with Gasteiger partial charge in [-0.25, -0.2) is 0 Å². The van der Waals surface area contributed by atoms with E-state index in [1.165, 1.54) is 0 Å². The molecule has 1 N–H and O–H groups in total. The standard InChI is InChI=1S/C15H14ClN5O/c1-20-6-5-14(19-20)15(22)18-13-8-17-21(10-13)9-11-3-2-4-12(16)7-11/h2-8,10H,9H2,1H3,(H,18,22). The number of carbonyl (C=O) groups is 1. The smallest absolute Gasteiger partial charge is 0.276 e. The summed E-state index contributed by atoms with van der Waals surface area (Å²) >= 11 is 5.96. The lowest BCUT2D eigenvalue weighted by Gasteiger charge is -2.02. The maximum absolute atomic E-state index is 12.0. The monoisotopic (exact) mass is 315 g/mol. The lowest BCUT2D eigenvalue weighted by atomic mass is 10.2. The first-order chi connectivity index (χ1) is 10.6. The molecular weight excluding hydrogens is 302 g/mol. The van der Waals surface area contributed by atoms with E-state index in [1.807, 2.05) is 24.3 Å². The summed E-state index contributed by atoms with van der Waals surface area (Å²) in [5.41, 5.74) is 2.03. The lowest BCUT2D eigenvalue weighted by molar-refractivity contribution is 0.102. The number of anilines is 1. The summed E-state index contributed by atoms with van der Waals surface area (Å²) in [5.74, 6) is -0.261. The van der Waals surface area contributed by atoms with Crippen molar-refractivity contribution in [1.29, 1.82) is 0 Å². The van der Waals surface area contributed by atoms with Gasteiger partial charge in [0, 0.05) is 24.5 Å². The third-order valence-electron chi connectivity index (χ3n) is 3.07. The molecule has 3 rings (SSSR count). The zero-order valence-corrected chi connectivity index (χ0v) is 12.7. The Morgan fingerprint density at radius 2 is 2.23 bits per heavy atom. The van der Waals surface area contributed by atoms with E-state index in [0.29, 0.717) is 22.9 Å². The van der Waals surface area contributed by atoms with Crippen LogP contribution in [0.3, 0.4) is 0 Å². The molecule has 0 aliphatic rings. The molecule has 6 nitrogen and oxygen atoms in total. The Balaban J connectivity index is 1.67. The summed E-state index contributed by atoms with van der Waals surface area (Å²) in [6, 6.07) is 9.23. The number of amides is 1. The van der Waals surface area contributed by atoms with Crippen LogP contribution in [0.15, 0.2) is 48.9 Å². The molecule has 7 heteroatoms. The number of aryl methyl sites for hydroxylation is 1. The Bertz CT molecular complexity index is 808. The minimum absolute atomic E-state index is 0.261. The van der Waals surface area contributed by atoms with Crippen molar-refractivity contribution in [2.75, 3.05) is 5.32 Å². The first-order valence-electron chi connectivity index (χ1n) is 6.68. The number of hydrogen-bond acceptors (Lipinski definition) is 3. The van der Waals surface area contributed by atoms with E-state index in [9.17, 15) is 4.79 Å². The van der Waals surface area contributed by atoms with E-state index >= 15 is 0 Å². The van der Waals surface area contributed by atoms with Gasteiger partial charge < -0.3 is 5.32 Å². The van der Waals surface area contributed by atoms with E-state index in [-0.39, 0.29) is 5.91 Å². The van der Waals surface area contributed by atoms with Gasteiger partial charge in [0.1, 0.15) is 0 Å². The van der Waals surface area contributed by atoms with Crippen LogP contribution in [0, 0.1) is 0 Å². The van der Waals surface area contributed by atoms with Crippen molar-refractivity contribution in [3.05, 3.63) is 65.2 Å². The van der Waals surface area contributed by atoms with Crippen LogP contribution >= 0.6 is 11.6 Å². The molecule has 2 heterocycles. The Labute approximate surface area is 132 Å². The van der Waals surface area contributed by atoms with Gasteiger partial charge in [0.2, 0.25) is 0 Å². The number of nitrogens with zero attached hydrogens (tertiary/aromatic N) is 4.